The molecule has 0 aliphatic rings. The minimum atomic E-state index is 1.24. The second kappa shape index (κ2) is 5.34. The zero-order valence-electron chi connectivity index (χ0n) is 4.25. The van der Waals surface area contributed by atoms with Gasteiger partial charge in [-0.1, -0.05) is 50.8 Å². The van der Waals surface area contributed by atoms with Crippen LogP contribution < -0.4 is 0 Å². The SMILES string of the molecule is C/C(=C/I)CCI. The first kappa shape index (κ1) is 8.20. The van der Waals surface area contributed by atoms with Gasteiger partial charge in [0, 0.05) is 4.43 Å². The van der Waals surface area contributed by atoms with Crippen LogP contribution in [0.15, 0.2) is 9.66 Å². The van der Waals surface area contributed by atoms with E-state index in [0.717, 1.165) is 0 Å². The minimum Gasteiger partial charge on any atom is -0.0860 e. The normalized spacial score (nSPS) is 12.1. The molecule has 0 aliphatic heterocycles. The number of rotatable bonds is 2. The van der Waals surface area contributed by atoms with Crippen LogP contribution in [-0.4, -0.2) is 4.43 Å². The van der Waals surface area contributed by atoms with Crippen molar-refractivity contribution in [2.75, 3.05) is 4.43 Å². The van der Waals surface area contributed by atoms with E-state index in [9.17, 15) is 0 Å². The lowest BCUT2D eigenvalue weighted by Gasteiger charge is -1.89. The highest BCUT2D eigenvalue weighted by Gasteiger charge is 1.81. The molecule has 0 atom stereocenters. The molecule has 0 N–H and O–H groups in total. The molecule has 0 spiro atoms. The monoisotopic (exact) mass is 322 g/mol. The van der Waals surface area contributed by atoms with E-state index < -0.39 is 0 Å². The fraction of sp³-hybridized carbons (Fsp3) is 0.600. The molecule has 7 heavy (non-hydrogen) atoms. The van der Waals surface area contributed by atoms with Crippen LogP contribution in [-0.2, 0) is 0 Å². The number of allylic oxidation sites excluding steroid dienone is 1. The Hall–Kier alpha value is 1.20. The maximum absolute atomic E-state index is 2.38. The van der Waals surface area contributed by atoms with Crippen LogP contribution in [0, 0.1) is 0 Å². The second-order valence-corrected chi connectivity index (χ2v) is 3.10. The molecule has 0 radical (unpaired) electrons. The van der Waals surface area contributed by atoms with Crippen molar-refractivity contribution in [3.05, 3.63) is 9.66 Å². The van der Waals surface area contributed by atoms with Gasteiger partial charge in [0.05, 0.1) is 0 Å². The summed E-state index contributed by atoms with van der Waals surface area (Å²) in [4.78, 5) is 0. The van der Waals surface area contributed by atoms with E-state index >= 15 is 0 Å². The average Bonchev–Trinajstić information content (AvgIpc) is 1.68. The molecule has 0 bridgehead atoms. The highest BCUT2D eigenvalue weighted by molar-refractivity contribution is 14.1. The first-order valence-electron chi connectivity index (χ1n) is 2.13. The quantitative estimate of drug-likeness (QED) is 0.541. The molecule has 0 amide bonds. The van der Waals surface area contributed by atoms with Gasteiger partial charge in [0.1, 0.15) is 0 Å². The van der Waals surface area contributed by atoms with Crippen molar-refractivity contribution in [3.63, 3.8) is 0 Å². The summed E-state index contributed by atoms with van der Waals surface area (Å²) in [6.07, 6.45) is 1.24. The van der Waals surface area contributed by atoms with Gasteiger partial charge in [-0.3, -0.25) is 0 Å². The van der Waals surface area contributed by atoms with Crippen LogP contribution in [0.3, 0.4) is 0 Å². The van der Waals surface area contributed by atoms with E-state index in [-0.39, 0.29) is 0 Å². The van der Waals surface area contributed by atoms with Gasteiger partial charge in [-0.25, -0.2) is 0 Å². The molecule has 0 nitrogen and oxygen atoms in total. The van der Waals surface area contributed by atoms with Crippen LogP contribution in [0.25, 0.3) is 0 Å². The van der Waals surface area contributed by atoms with E-state index in [0.29, 0.717) is 0 Å². The molecule has 0 aliphatic carbocycles. The zero-order valence-corrected chi connectivity index (χ0v) is 8.56. The number of alkyl halides is 1. The summed E-state index contributed by atoms with van der Waals surface area (Å²) in [5.41, 5.74) is 1.48. The lowest BCUT2D eigenvalue weighted by molar-refractivity contribution is 1.14. The maximum atomic E-state index is 2.38. The highest BCUT2D eigenvalue weighted by Crippen LogP contribution is 2.04. The molecule has 0 heterocycles. The van der Waals surface area contributed by atoms with Gasteiger partial charge in [0.15, 0.2) is 0 Å². The lowest BCUT2D eigenvalue weighted by atomic mass is 10.3. The van der Waals surface area contributed by atoms with Gasteiger partial charge < -0.3 is 0 Å². The molecule has 0 unspecified atom stereocenters. The molecule has 0 fully saturated rings. The van der Waals surface area contributed by atoms with Gasteiger partial charge in [-0.2, -0.15) is 0 Å². The van der Waals surface area contributed by atoms with Crippen molar-refractivity contribution in [3.8, 4) is 0 Å². The van der Waals surface area contributed by atoms with Crippen LogP contribution in [0.5, 0.6) is 0 Å². The summed E-state index contributed by atoms with van der Waals surface area (Å²) in [5.74, 6) is 0. The Labute approximate surface area is 72.0 Å². The molecule has 42 valence electrons. The van der Waals surface area contributed by atoms with Crippen molar-refractivity contribution in [2.45, 2.75) is 13.3 Å². The lowest BCUT2D eigenvalue weighted by Crippen LogP contribution is -1.72. The number of halogens is 2. The number of hydrogen-bond acceptors (Lipinski definition) is 0. The third kappa shape index (κ3) is 5.06. The summed E-state index contributed by atoms with van der Waals surface area (Å²) >= 11 is 4.65. The van der Waals surface area contributed by atoms with Crippen molar-refractivity contribution in [1.82, 2.24) is 0 Å². The molecule has 0 aromatic rings. The summed E-state index contributed by atoms with van der Waals surface area (Å²) in [5, 5.41) is 0. The summed E-state index contributed by atoms with van der Waals surface area (Å²) in [7, 11) is 0. The highest BCUT2D eigenvalue weighted by atomic mass is 127. The van der Waals surface area contributed by atoms with Gasteiger partial charge in [-0.15, -0.1) is 0 Å². The summed E-state index contributed by atoms with van der Waals surface area (Å²) < 4.78 is 3.37. The van der Waals surface area contributed by atoms with Gasteiger partial charge in [-0.05, 0) is 17.4 Å². The largest absolute Gasteiger partial charge is 0.0860 e. The minimum absolute atomic E-state index is 1.24. The fourth-order valence-corrected chi connectivity index (χ4v) is 1.37. The first-order chi connectivity index (χ1) is 3.31. The fourth-order valence-electron chi connectivity index (χ4n) is 0.204. The third-order valence-corrected chi connectivity index (χ3v) is 2.28. The Morgan fingerprint density at radius 3 is 2.43 bits per heavy atom. The molecule has 0 aromatic carbocycles. The molecule has 2 heteroatoms. The van der Waals surface area contributed by atoms with Crippen molar-refractivity contribution in [2.24, 2.45) is 0 Å². The topological polar surface area (TPSA) is 0 Å². The van der Waals surface area contributed by atoms with E-state index in [4.69, 9.17) is 0 Å². The third-order valence-electron chi connectivity index (χ3n) is 0.675. The second-order valence-electron chi connectivity index (χ2n) is 1.39. The van der Waals surface area contributed by atoms with Gasteiger partial charge >= 0.3 is 0 Å². The van der Waals surface area contributed by atoms with Crippen LogP contribution >= 0.6 is 45.2 Å². The predicted molar refractivity (Wildman–Crippen MR) is 51.3 cm³/mol. The zero-order chi connectivity index (χ0) is 5.70. The first-order valence-corrected chi connectivity index (χ1v) is 4.90. The molecule has 0 rings (SSSR count). The van der Waals surface area contributed by atoms with Crippen molar-refractivity contribution >= 4 is 45.2 Å². The average molecular weight is 322 g/mol. The summed E-state index contributed by atoms with van der Waals surface area (Å²) in [6, 6.07) is 0. The number of hydrogen-bond donors (Lipinski definition) is 0. The predicted octanol–water partition coefficient (Wildman–Crippen LogP) is 3.15. The Bertz CT molecular complexity index is 66.5. The van der Waals surface area contributed by atoms with Crippen LogP contribution in [0.4, 0.5) is 0 Å². The molecular weight excluding hydrogens is 314 g/mol. The molecular formula is C5H8I2. The van der Waals surface area contributed by atoms with E-state index in [1.54, 1.807) is 0 Å². The Balaban J connectivity index is 3.17. The van der Waals surface area contributed by atoms with Crippen molar-refractivity contribution < 1.29 is 0 Å². The van der Waals surface area contributed by atoms with Gasteiger partial charge in [0.2, 0.25) is 0 Å². The molecule has 0 saturated carbocycles. The standard InChI is InChI=1S/C5H8I2/c1-5(4-7)2-3-6/h4H,2-3H2,1H3/b5-4-. The Morgan fingerprint density at radius 1 is 1.71 bits per heavy atom. The van der Waals surface area contributed by atoms with Crippen LogP contribution in [0.2, 0.25) is 0 Å². The van der Waals surface area contributed by atoms with E-state index in [2.05, 4.69) is 56.2 Å². The smallest absolute Gasteiger partial charge is 0.00327 e. The van der Waals surface area contributed by atoms with Crippen molar-refractivity contribution in [1.29, 1.82) is 0 Å². The van der Waals surface area contributed by atoms with E-state index in [1.807, 2.05) is 0 Å². The molecule has 0 saturated heterocycles. The summed E-state index contributed by atoms with van der Waals surface area (Å²) in [6.45, 7) is 2.16. The maximum Gasteiger partial charge on any atom is 0.00327 e. The van der Waals surface area contributed by atoms with E-state index in [1.165, 1.54) is 16.4 Å². The van der Waals surface area contributed by atoms with Gasteiger partial charge in [0.25, 0.3) is 0 Å². The Kier molecular flexibility index (Phi) is 6.25. The van der Waals surface area contributed by atoms with Crippen LogP contribution in [0.1, 0.15) is 13.3 Å². The molecule has 0 aromatic heterocycles. The Morgan fingerprint density at radius 2 is 2.29 bits per heavy atom.